The number of ether oxygens (including phenoxy) is 2. The molecular formula is C24H20N2O5S. The molecule has 8 heteroatoms. The third-order valence-electron chi connectivity index (χ3n) is 4.70. The first-order valence-corrected chi connectivity index (χ1v) is 10.7. The molecule has 0 aliphatic rings. The first-order chi connectivity index (χ1) is 15.5. The van der Waals surface area contributed by atoms with Gasteiger partial charge in [-0.1, -0.05) is 17.3 Å². The van der Waals surface area contributed by atoms with E-state index in [0.717, 1.165) is 11.3 Å². The second kappa shape index (κ2) is 9.49. The minimum atomic E-state index is -0.511. The van der Waals surface area contributed by atoms with Crippen molar-refractivity contribution in [3.05, 3.63) is 93.5 Å². The van der Waals surface area contributed by atoms with Crippen LogP contribution in [0.3, 0.4) is 0 Å². The summed E-state index contributed by atoms with van der Waals surface area (Å²) < 4.78 is 16.4. The summed E-state index contributed by atoms with van der Waals surface area (Å²) in [5.41, 5.74) is 2.62. The Hall–Kier alpha value is -3.91. The molecule has 0 atom stereocenters. The van der Waals surface area contributed by atoms with Crippen molar-refractivity contribution >= 4 is 28.9 Å². The quantitative estimate of drug-likeness (QED) is 0.301. The minimum absolute atomic E-state index is 0.182. The highest BCUT2D eigenvalue weighted by molar-refractivity contribution is 7.12. The number of benzene rings is 2. The molecule has 162 valence electrons. The molecule has 0 aliphatic carbocycles. The molecule has 1 amide bonds. The first kappa shape index (κ1) is 21.3. The van der Waals surface area contributed by atoms with Crippen molar-refractivity contribution in [1.82, 2.24) is 5.16 Å². The molecular weight excluding hydrogens is 428 g/mol. The number of thiophene rings is 1. The van der Waals surface area contributed by atoms with Gasteiger partial charge in [0.25, 0.3) is 5.91 Å². The van der Waals surface area contributed by atoms with Crippen molar-refractivity contribution < 1.29 is 23.6 Å². The topological polar surface area (TPSA) is 90.7 Å². The van der Waals surface area contributed by atoms with E-state index in [1.807, 2.05) is 25.3 Å². The fourth-order valence-corrected chi connectivity index (χ4v) is 3.57. The number of esters is 1. The molecule has 2 aromatic carbocycles. The average Bonchev–Trinajstić information content (AvgIpc) is 3.44. The van der Waals surface area contributed by atoms with E-state index in [1.165, 1.54) is 11.3 Å². The molecule has 32 heavy (non-hydrogen) atoms. The number of carbonyl (C=O) groups excluding carboxylic acids is 2. The van der Waals surface area contributed by atoms with Gasteiger partial charge in [0.05, 0.1) is 21.7 Å². The van der Waals surface area contributed by atoms with Gasteiger partial charge in [0.15, 0.2) is 0 Å². The Kier molecular flexibility index (Phi) is 6.32. The smallest absolute Gasteiger partial charge is 0.343 e. The molecule has 0 radical (unpaired) electrons. The van der Waals surface area contributed by atoms with Crippen LogP contribution in [-0.2, 0) is 6.61 Å². The molecule has 1 N–H and O–H groups in total. The summed E-state index contributed by atoms with van der Waals surface area (Å²) in [5, 5.41) is 8.55. The Morgan fingerprint density at radius 3 is 2.53 bits per heavy atom. The van der Waals surface area contributed by atoms with Crippen molar-refractivity contribution in [2.45, 2.75) is 20.5 Å². The van der Waals surface area contributed by atoms with E-state index >= 15 is 0 Å². The summed E-state index contributed by atoms with van der Waals surface area (Å²) in [6.45, 7) is 3.96. The van der Waals surface area contributed by atoms with Gasteiger partial charge >= 0.3 is 5.97 Å². The number of hydrogen-bond donors (Lipinski definition) is 1. The lowest BCUT2D eigenvalue weighted by Crippen LogP contribution is -2.11. The van der Waals surface area contributed by atoms with Gasteiger partial charge in [-0.05, 0) is 67.8 Å². The molecule has 2 heterocycles. The monoisotopic (exact) mass is 448 g/mol. The van der Waals surface area contributed by atoms with Crippen LogP contribution in [0.15, 0.2) is 70.6 Å². The number of carbonyl (C=O) groups is 2. The Labute approximate surface area is 188 Å². The van der Waals surface area contributed by atoms with E-state index in [9.17, 15) is 9.59 Å². The Balaban J connectivity index is 1.36. The maximum atomic E-state index is 12.6. The van der Waals surface area contributed by atoms with E-state index < -0.39 is 5.97 Å². The van der Waals surface area contributed by atoms with Crippen LogP contribution in [0.4, 0.5) is 5.69 Å². The zero-order valence-electron chi connectivity index (χ0n) is 17.5. The molecule has 0 spiro atoms. The molecule has 0 aliphatic heterocycles. The molecule has 4 aromatic rings. The third kappa shape index (κ3) is 5.04. The molecule has 7 nitrogen and oxygen atoms in total. The van der Waals surface area contributed by atoms with Crippen molar-refractivity contribution in [3.8, 4) is 11.5 Å². The second-order valence-corrected chi connectivity index (χ2v) is 7.91. The molecule has 0 saturated carbocycles. The van der Waals surface area contributed by atoms with Crippen LogP contribution >= 0.6 is 11.3 Å². The normalized spacial score (nSPS) is 10.6. The van der Waals surface area contributed by atoms with Crippen molar-refractivity contribution in [2.24, 2.45) is 0 Å². The molecule has 2 aromatic heterocycles. The minimum Gasteiger partial charge on any atom is -0.489 e. The summed E-state index contributed by atoms with van der Waals surface area (Å²) in [4.78, 5) is 25.3. The summed E-state index contributed by atoms with van der Waals surface area (Å²) in [6.07, 6.45) is 0. The van der Waals surface area contributed by atoms with Gasteiger partial charge in [0.2, 0.25) is 0 Å². The number of nitrogens with one attached hydrogen (secondary N) is 1. The van der Waals surface area contributed by atoms with Gasteiger partial charge in [-0.3, -0.25) is 4.79 Å². The van der Waals surface area contributed by atoms with Crippen LogP contribution in [0.5, 0.6) is 11.5 Å². The van der Waals surface area contributed by atoms with E-state index in [1.54, 1.807) is 54.6 Å². The lowest BCUT2D eigenvalue weighted by atomic mass is 10.2. The fraction of sp³-hybridized carbons (Fsp3) is 0.125. The van der Waals surface area contributed by atoms with Crippen LogP contribution in [0, 0.1) is 13.8 Å². The summed E-state index contributed by atoms with van der Waals surface area (Å²) in [6, 6.07) is 16.9. The van der Waals surface area contributed by atoms with Gasteiger partial charge in [0.1, 0.15) is 23.9 Å². The van der Waals surface area contributed by atoms with Crippen LogP contribution < -0.4 is 14.8 Å². The number of rotatable bonds is 7. The SMILES string of the molecule is Cc1noc(C)c1COc1cccc(C(=O)Oc2ccc(NC(=O)c3cccs3)cc2)c1. The fourth-order valence-electron chi connectivity index (χ4n) is 2.95. The molecule has 0 bridgehead atoms. The van der Waals surface area contributed by atoms with Crippen LogP contribution in [0.1, 0.15) is 37.0 Å². The van der Waals surface area contributed by atoms with Crippen molar-refractivity contribution in [2.75, 3.05) is 5.32 Å². The maximum absolute atomic E-state index is 12.6. The molecule has 0 unspecified atom stereocenters. The van der Waals surface area contributed by atoms with Crippen LogP contribution in [0.25, 0.3) is 0 Å². The zero-order chi connectivity index (χ0) is 22.5. The lowest BCUT2D eigenvalue weighted by Gasteiger charge is -2.09. The molecule has 4 rings (SSSR count). The predicted octanol–water partition coefficient (Wildman–Crippen LogP) is 5.40. The van der Waals surface area contributed by atoms with E-state index in [2.05, 4.69) is 10.5 Å². The van der Waals surface area contributed by atoms with E-state index in [4.69, 9.17) is 14.0 Å². The highest BCUT2D eigenvalue weighted by Crippen LogP contribution is 2.21. The van der Waals surface area contributed by atoms with Gasteiger partial charge < -0.3 is 19.3 Å². The number of aromatic nitrogens is 1. The summed E-state index contributed by atoms with van der Waals surface area (Å²) in [5.74, 6) is 0.909. The van der Waals surface area contributed by atoms with Gasteiger partial charge in [-0.25, -0.2) is 4.79 Å². The highest BCUT2D eigenvalue weighted by atomic mass is 32.1. The van der Waals surface area contributed by atoms with Gasteiger partial charge in [0, 0.05) is 5.69 Å². The Morgan fingerprint density at radius 1 is 1.03 bits per heavy atom. The van der Waals surface area contributed by atoms with Gasteiger partial charge in [-0.15, -0.1) is 11.3 Å². The van der Waals surface area contributed by atoms with Crippen LogP contribution in [0.2, 0.25) is 0 Å². The standard InChI is InChI=1S/C24H20N2O5S/c1-15-21(16(2)31-26-15)14-29-20-6-3-5-17(13-20)24(28)30-19-10-8-18(9-11-19)25-23(27)22-7-4-12-32-22/h3-13H,14H2,1-2H3,(H,25,27). The van der Waals surface area contributed by atoms with Crippen LogP contribution in [-0.4, -0.2) is 17.0 Å². The Bertz CT molecular complexity index is 1210. The second-order valence-electron chi connectivity index (χ2n) is 6.96. The largest absolute Gasteiger partial charge is 0.489 e. The molecule has 0 saturated heterocycles. The third-order valence-corrected chi connectivity index (χ3v) is 5.57. The number of anilines is 1. The van der Waals surface area contributed by atoms with Gasteiger partial charge in [-0.2, -0.15) is 0 Å². The lowest BCUT2D eigenvalue weighted by molar-refractivity contribution is 0.0734. The maximum Gasteiger partial charge on any atom is 0.343 e. The number of aryl methyl sites for hydroxylation is 2. The summed E-state index contributed by atoms with van der Waals surface area (Å²) >= 11 is 1.37. The first-order valence-electron chi connectivity index (χ1n) is 9.81. The molecule has 0 fully saturated rings. The van der Waals surface area contributed by atoms with E-state index in [-0.39, 0.29) is 5.91 Å². The number of nitrogens with zero attached hydrogens (tertiary/aromatic N) is 1. The van der Waals surface area contributed by atoms with Crippen molar-refractivity contribution in [1.29, 1.82) is 0 Å². The average molecular weight is 449 g/mol. The zero-order valence-corrected chi connectivity index (χ0v) is 18.3. The number of amides is 1. The number of hydrogen-bond acceptors (Lipinski definition) is 7. The Morgan fingerprint density at radius 2 is 1.84 bits per heavy atom. The predicted molar refractivity (Wildman–Crippen MR) is 120 cm³/mol. The van der Waals surface area contributed by atoms with E-state index in [0.29, 0.717) is 40.0 Å². The summed E-state index contributed by atoms with van der Waals surface area (Å²) in [7, 11) is 0. The van der Waals surface area contributed by atoms with Crippen molar-refractivity contribution in [3.63, 3.8) is 0 Å². The highest BCUT2D eigenvalue weighted by Gasteiger charge is 2.13.